The maximum atomic E-state index is 12.0. The Morgan fingerprint density at radius 3 is 3.11 bits per heavy atom. The molecular formula is C13H14N4O. The first-order valence-electron chi connectivity index (χ1n) is 6.05. The third kappa shape index (κ3) is 2.11. The Kier molecular flexibility index (Phi) is 2.80. The van der Waals surface area contributed by atoms with E-state index in [1.54, 1.807) is 24.5 Å². The van der Waals surface area contributed by atoms with Crippen molar-refractivity contribution in [2.45, 2.75) is 25.4 Å². The van der Waals surface area contributed by atoms with E-state index in [0.717, 1.165) is 25.2 Å². The largest absolute Gasteiger partial charge is 0.346 e. The molecule has 0 saturated heterocycles. The van der Waals surface area contributed by atoms with Crippen molar-refractivity contribution in [3.05, 3.63) is 48.3 Å². The van der Waals surface area contributed by atoms with Gasteiger partial charge in [-0.05, 0) is 18.6 Å². The number of hydrogen-bond acceptors (Lipinski definition) is 3. The van der Waals surface area contributed by atoms with Crippen LogP contribution in [0.3, 0.4) is 0 Å². The van der Waals surface area contributed by atoms with Gasteiger partial charge in [0.1, 0.15) is 11.5 Å². The number of amides is 1. The summed E-state index contributed by atoms with van der Waals surface area (Å²) >= 11 is 0. The van der Waals surface area contributed by atoms with Crippen LogP contribution in [-0.4, -0.2) is 26.5 Å². The molecule has 1 amide bonds. The van der Waals surface area contributed by atoms with Gasteiger partial charge in [-0.2, -0.15) is 0 Å². The second-order valence-corrected chi connectivity index (χ2v) is 4.42. The number of aromatic nitrogens is 3. The average Bonchev–Trinajstić information content (AvgIpc) is 2.87. The van der Waals surface area contributed by atoms with Crippen molar-refractivity contribution in [3.63, 3.8) is 0 Å². The highest BCUT2D eigenvalue weighted by atomic mass is 16.1. The Labute approximate surface area is 105 Å². The van der Waals surface area contributed by atoms with Crippen LogP contribution >= 0.6 is 0 Å². The van der Waals surface area contributed by atoms with Gasteiger partial charge in [-0.25, -0.2) is 4.98 Å². The summed E-state index contributed by atoms with van der Waals surface area (Å²) in [4.78, 5) is 20.3. The molecule has 3 heterocycles. The van der Waals surface area contributed by atoms with Gasteiger partial charge >= 0.3 is 0 Å². The molecule has 0 aromatic carbocycles. The fourth-order valence-corrected chi connectivity index (χ4v) is 2.24. The first-order chi connectivity index (χ1) is 8.83. The van der Waals surface area contributed by atoms with Crippen LogP contribution in [0.2, 0.25) is 0 Å². The maximum absolute atomic E-state index is 12.0. The standard InChI is InChI=1S/C13H14N4O/c18-13(11-3-1-2-6-14-11)16-10-4-5-12-15-7-8-17(12)9-10/h1-3,6-8,10H,4-5,9H2,(H,16,18)/t10-/m0/s1. The van der Waals surface area contributed by atoms with Crippen molar-refractivity contribution in [3.8, 4) is 0 Å². The molecule has 2 aromatic heterocycles. The number of fused-ring (bicyclic) bond motifs is 1. The predicted molar refractivity (Wildman–Crippen MR) is 66.0 cm³/mol. The normalized spacial score (nSPS) is 18.1. The molecule has 0 radical (unpaired) electrons. The lowest BCUT2D eigenvalue weighted by molar-refractivity contribution is 0.0922. The molecule has 1 atom stereocenters. The van der Waals surface area contributed by atoms with Crippen molar-refractivity contribution < 1.29 is 4.79 Å². The molecule has 5 heteroatoms. The summed E-state index contributed by atoms with van der Waals surface area (Å²) in [6.45, 7) is 0.786. The molecule has 1 aliphatic heterocycles. The molecular weight excluding hydrogens is 228 g/mol. The van der Waals surface area contributed by atoms with Gasteiger partial charge in [-0.3, -0.25) is 9.78 Å². The summed E-state index contributed by atoms with van der Waals surface area (Å²) in [7, 11) is 0. The lowest BCUT2D eigenvalue weighted by Gasteiger charge is -2.24. The lowest BCUT2D eigenvalue weighted by atomic mass is 10.1. The first-order valence-corrected chi connectivity index (χ1v) is 6.05. The topological polar surface area (TPSA) is 59.8 Å². The van der Waals surface area contributed by atoms with Gasteiger partial charge in [0.15, 0.2) is 0 Å². The number of nitrogens with zero attached hydrogens (tertiary/aromatic N) is 3. The van der Waals surface area contributed by atoms with Crippen LogP contribution in [0.4, 0.5) is 0 Å². The molecule has 92 valence electrons. The smallest absolute Gasteiger partial charge is 0.270 e. The van der Waals surface area contributed by atoms with E-state index in [9.17, 15) is 4.79 Å². The molecule has 0 saturated carbocycles. The van der Waals surface area contributed by atoms with Gasteiger partial charge in [-0.1, -0.05) is 6.07 Å². The number of rotatable bonds is 2. The van der Waals surface area contributed by atoms with Crippen molar-refractivity contribution in [2.24, 2.45) is 0 Å². The minimum atomic E-state index is -0.107. The third-order valence-electron chi connectivity index (χ3n) is 3.17. The van der Waals surface area contributed by atoms with Crippen LogP contribution in [0.5, 0.6) is 0 Å². The number of carbonyl (C=O) groups excluding carboxylic acids is 1. The van der Waals surface area contributed by atoms with Crippen molar-refractivity contribution >= 4 is 5.91 Å². The van der Waals surface area contributed by atoms with Crippen LogP contribution in [0.1, 0.15) is 22.7 Å². The van der Waals surface area contributed by atoms with E-state index >= 15 is 0 Å². The third-order valence-corrected chi connectivity index (χ3v) is 3.17. The summed E-state index contributed by atoms with van der Waals surface area (Å²) in [6.07, 6.45) is 7.21. The van der Waals surface area contributed by atoms with Gasteiger partial charge in [0.2, 0.25) is 0 Å². The minimum Gasteiger partial charge on any atom is -0.346 e. The summed E-state index contributed by atoms with van der Waals surface area (Å²) in [6, 6.07) is 5.49. The van der Waals surface area contributed by atoms with Crippen LogP contribution in [0.15, 0.2) is 36.8 Å². The number of imidazole rings is 1. The van der Waals surface area contributed by atoms with Crippen molar-refractivity contribution in [2.75, 3.05) is 0 Å². The quantitative estimate of drug-likeness (QED) is 0.855. The molecule has 1 aliphatic rings. The molecule has 1 N–H and O–H groups in total. The Morgan fingerprint density at radius 2 is 2.28 bits per heavy atom. The Hall–Kier alpha value is -2.17. The van der Waals surface area contributed by atoms with Crippen LogP contribution in [-0.2, 0) is 13.0 Å². The van der Waals surface area contributed by atoms with Crippen molar-refractivity contribution in [1.29, 1.82) is 0 Å². The number of aryl methyl sites for hydroxylation is 1. The SMILES string of the molecule is O=C(N[C@H]1CCc2nccn2C1)c1ccccn1. The average molecular weight is 242 g/mol. The Bertz CT molecular complexity index is 549. The molecule has 0 spiro atoms. The molecule has 2 aromatic rings. The molecule has 5 nitrogen and oxygen atoms in total. The molecule has 0 unspecified atom stereocenters. The highest BCUT2D eigenvalue weighted by molar-refractivity contribution is 5.92. The molecule has 0 fully saturated rings. The van der Waals surface area contributed by atoms with Crippen LogP contribution in [0.25, 0.3) is 0 Å². The Balaban J connectivity index is 1.67. The minimum absolute atomic E-state index is 0.107. The van der Waals surface area contributed by atoms with E-state index in [0.29, 0.717) is 5.69 Å². The fraction of sp³-hybridized carbons (Fsp3) is 0.308. The van der Waals surface area contributed by atoms with E-state index in [-0.39, 0.29) is 11.9 Å². The van der Waals surface area contributed by atoms with E-state index in [1.807, 2.05) is 12.3 Å². The highest BCUT2D eigenvalue weighted by Crippen LogP contribution is 2.13. The highest BCUT2D eigenvalue weighted by Gasteiger charge is 2.20. The fourth-order valence-electron chi connectivity index (χ4n) is 2.24. The zero-order valence-electron chi connectivity index (χ0n) is 9.91. The zero-order chi connectivity index (χ0) is 12.4. The van der Waals surface area contributed by atoms with Crippen molar-refractivity contribution in [1.82, 2.24) is 19.9 Å². The second-order valence-electron chi connectivity index (χ2n) is 4.42. The number of nitrogens with one attached hydrogen (secondary N) is 1. The first kappa shape index (κ1) is 11.0. The summed E-state index contributed by atoms with van der Waals surface area (Å²) in [5.74, 6) is 0.988. The van der Waals surface area contributed by atoms with E-state index < -0.39 is 0 Å². The monoisotopic (exact) mass is 242 g/mol. The van der Waals surface area contributed by atoms with E-state index in [4.69, 9.17) is 0 Å². The molecule has 0 aliphatic carbocycles. The van der Waals surface area contributed by atoms with Gasteiger partial charge in [-0.15, -0.1) is 0 Å². The number of carbonyl (C=O) groups is 1. The molecule has 18 heavy (non-hydrogen) atoms. The van der Waals surface area contributed by atoms with E-state index in [2.05, 4.69) is 19.9 Å². The lowest BCUT2D eigenvalue weighted by Crippen LogP contribution is -2.41. The van der Waals surface area contributed by atoms with Gasteiger partial charge in [0.25, 0.3) is 5.91 Å². The summed E-state index contributed by atoms with van der Waals surface area (Å²) < 4.78 is 2.09. The van der Waals surface area contributed by atoms with Gasteiger partial charge in [0, 0.05) is 37.6 Å². The van der Waals surface area contributed by atoms with Gasteiger partial charge in [0.05, 0.1) is 0 Å². The number of hydrogen-bond donors (Lipinski definition) is 1. The molecule has 0 bridgehead atoms. The van der Waals surface area contributed by atoms with Crippen LogP contribution < -0.4 is 5.32 Å². The molecule has 3 rings (SSSR count). The van der Waals surface area contributed by atoms with E-state index in [1.165, 1.54) is 0 Å². The Morgan fingerprint density at radius 1 is 1.33 bits per heavy atom. The summed E-state index contributed by atoms with van der Waals surface area (Å²) in [5, 5.41) is 3.02. The van der Waals surface area contributed by atoms with Gasteiger partial charge < -0.3 is 9.88 Å². The second kappa shape index (κ2) is 4.60. The summed E-state index contributed by atoms with van der Waals surface area (Å²) in [5.41, 5.74) is 0.467. The number of pyridine rings is 1. The predicted octanol–water partition coefficient (Wildman–Crippen LogP) is 1.02. The maximum Gasteiger partial charge on any atom is 0.270 e. The van der Waals surface area contributed by atoms with Crippen LogP contribution in [0, 0.1) is 0 Å². The zero-order valence-corrected chi connectivity index (χ0v) is 9.91.